The van der Waals surface area contributed by atoms with Gasteiger partial charge in [-0.3, -0.25) is 9.52 Å². The van der Waals surface area contributed by atoms with Gasteiger partial charge < -0.3 is 10.1 Å². The summed E-state index contributed by atoms with van der Waals surface area (Å²) in [7, 11) is -2.43. The maximum atomic E-state index is 12.5. The fourth-order valence-corrected chi connectivity index (χ4v) is 3.73. The Morgan fingerprint density at radius 2 is 1.73 bits per heavy atom. The molecule has 1 heterocycles. The van der Waals surface area contributed by atoms with Crippen LogP contribution in [-0.2, 0) is 16.4 Å². The van der Waals surface area contributed by atoms with E-state index in [-0.39, 0.29) is 22.5 Å². The molecule has 1 aromatic heterocycles. The number of nitrogens with zero attached hydrogens (tertiary/aromatic N) is 2. The fraction of sp³-hybridized carbons (Fsp3) is 0.190. The smallest absolute Gasteiger partial charge is 0.263 e. The highest BCUT2D eigenvalue weighted by Crippen LogP contribution is 2.19. The molecule has 0 spiro atoms. The number of methoxy groups -OCH3 is 1. The molecule has 8 nitrogen and oxygen atoms in total. The standard InChI is InChI=1S/C21H22N4O4S/c1-3-4-15-5-7-16(8-6-15)21(26)24-17-9-11-18(12-10-17)30(27,28)25-19-13-20(29-2)23-14-22-19/h5-14H,3-4H2,1-2H3,(H,24,26)(H,22,23,25). The molecule has 2 N–H and O–H groups in total. The van der Waals surface area contributed by atoms with E-state index >= 15 is 0 Å². The van der Waals surface area contributed by atoms with Crippen molar-refractivity contribution in [2.24, 2.45) is 0 Å². The van der Waals surface area contributed by atoms with Gasteiger partial charge in [0.2, 0.25) is 5.88 Å². The van der Waals surface area contributed by atoms with Crippen LogP contribution >= 0.6 is 0 Å². The van der Waals surface area contributed by atoms with E-state index in [0.717, 1.165) is 12.8 Å². The van der Waals surface area contributed by atoms with Gasteiger partial charge in [-0.1, -0.05) is 25.5 Å². The average molecular weight is 426 g/mol. The van der Waals surface area contributed by atoms with Crippen LogP contribution in [-0.4, -0.2) is 31.4 Å². The largest absolute Gasteiger partial charge is 0.481 e. The summed E-state index contributed by atoms with van der Waals surface area (Å²) in [5, 5.41) is 2.76. The topological polar surface area (TPSA) is 110 Å². The average Bonchev–Trinajstić information content (AvgIpc) is 2.74. The number of hydrogen-bond acceptors (Lipinski definition) is 6. The number of amides is 1. The van der Waals surface area contributed by atoms with Crippen LogP contribution in [0.5, 0.6) is 5.88 Å². The van der Waals surface area contributed by atoms with Gasteiger partial charge in [0.05, 0.1) is 12.0 Å². The van der Waals surface area contributed by atoms with Crippen molar-refractivity contribution in [2.45, 2.75) is 24.7 Å². The van der Waals surface area contributed by atoms with E-state index in [1.165, 1.54) is 49.3 Å². The Balaban J connectivity index is 1.68. The van der Waals surface area contributed by atoms with E-state index in [1.54, 1.807) is 12.1 Å². The van der Waals surface area contributed by atoms with E-state index in [2.05, 4.69) is 26.9 Å². The lowest BCUT2D eigenvalue weighted by Gasteiger charge is -2.10. The van der Waals surface area contributed by atoms with Crippen molar-refractivity contribution >= 4 is 27.4 Å². The van der Waals surface area contributed by atoms with Crippen LogP contribution in [0.1, 0.15) is 29.3 Å². The summed E-state index contributed by atoms with van der Waals surface area (Å²) >= 11 is 0. The number of sulfonamides is 1. The molecule has 0 fully saturated rings. The molecule has 0 aliphatic heterocycles. The van der Waals surface area contributed by atoms with Gasteiger partial charge in [0.25, 0.3) is 15.9 Å². The molecule has 0 atom stereocenters. The van der Waals surface area contributed by atoms with Crippen molar-refractivity contribution in [3.63, 3.8) is 0 Å². The minimum atomic E-state index is -3.85. The van der Waals surface area contributed by atoms with Crippen LogP contribution in [0.2, 0.25) is 0 Å². The van der Waals surface area contributed by atoms with Crippen LogP contribution in [0.3, 0.4) is 0 Å². The molecule has 0 aliphatic carbocycles. The highest BCUT2D eigenvalue weighted by Gasteiger charge is 2.16. The third-order valence-corrected chi connectivity index (χ3v) is 5.64. The van der Waals surface area contributed by atoms with Crippen LogP contribution in [0.15, 0.2) is 65.8 Å². The Kier molecular flexibility index (Phi) is 6.63. The molecule has 0 bridgehead atoms. The number of hydrogen-bond donors (Lipinski definition) is 2. The zero-order chi connectivity index (χ0) is 21.6. The first-order chi connectivity index (χ1) is 14.4. The Hall–Kier alpha value is -3.46. The molecule has 3 rings (SSSR count). The monoisotopic (exact) mass is 426 g/mol. The van der Waals surface area contributed by atoms with E-state index in [4.69, 9.17) is 4.74 Å². The van der Waals surface area contributed by atoms with Crippen LogP contribution < -0.4 is 14.8 Å². The quantitative estimate of drug-likeness (QED) is 0.570. The predicted molar refractivity (Wildman–Crippen MR) is 114 cm³/mol. The highest BCUT2D eigenvalue weighted by molar-refractivity contribution is 7.92. The number of aromatic nitrogens is 2. The molecular weight excluding hydrogens is 404 g/mol. The molecule has 2 aromatic carbocycles. The number of rotatable bonds is 8. The van der Waals surface area contributed by atoms with E-state index in [1.807, 2.05) is 12.1 Å². The molecule has 3 aromatic rings. The number of aryl methyl sites for hydroxylation is 1. The molecule has 0 aliphatic rings. The Labute approximate surface area is 175 Å². The summed E-state index contributed by atoms with van der Waals surface area (Å²) in [6.07, 6.45) is 3.21. The molecule has 1 amide bonds. The first-order valence-corrected chi connectivity index (χ1v) is 10.8. The van der Waals surface area contributed by atoms with Crippen molar-refractivity contribution in [1.82, 2.24) is 9.97 Å². The van der Waals surface area contributed by atoms with Crippen LogP contribution in [0.4, 0.5) is 11.5 Å². The van der Waals surface area contributed by atoms with E-state index < -0.39 is 10.0 Å². The summed E-state index contributed by atoms with van der Waals surface area (Å²) < 4.78 is 32.4. The second kappa shape index (κ2) is 9.36. The van der Waals surface area contributed by atoms with Gasteiger partial charge in [-0.15, -0.1) is 0 Å². The minimum absolute atomic E-state index is 0.0296. The lowest BCUT2D eigenvalue weighted by Crippen LogP contribution is -2.15. The maximum Gasteiger partial charge on any atom is 0.263 e. The van der Waals surface area contributed by atoms with Crippen molar-refractivity contribution < 1.29 is 17.9 Å². The molecule has 9 heteroatoms. The SMILES string of the molecule is CCCc1ccc(C(=O)Nc2ccc(S(=O)(=O)Nc3cc(OC)ncn3)cc2)cc1. The number of carbonyl (C=O) groups is 1. The van der Waals surface area contributed by atoms with E-state index in [9.17, 15) is 13.2 Å². The third-order valence-electron chi connectivity index (χ3n) is 4.27. The molecule has 0 saturated heterocycles. The van der Waals surface area contributed by atoms with Gasteiger partial charge >= 0.3 is 0 Å². The summed E-state index contributed by atoms with van der Waals surface area (Å²) in [5.74, 6) is 0.0640. The lowest BCUT2D eigenvalue weighted by molar-refractivity contribution is 0.102. The van der Waals surface area contributed by atoms with Crippen LogP contribution in [0.25, 0.3) is 0 Å². The highest BCUT2D eigenvalue weighted by atomic mass is 32.2. The summed E-state index contributed by atoms with van der Waals surface area (Å²) in [5.41, 5.74) is 2.20. The van der Waals surface area contributed by atoms with Gasteiger partial charge in [-0.2, -0.15) is 0 Å². The van der Waals surface area contributed by atoms with Crippen molar-refractivity contribution in [3.05, 3.63) is 72.1 Å². The van der Waals surface area contributed by atoms with Gasteiger partial charge in [0.1, 0.15) is 12.1 Å². The van der Waals surface area contributed by atoms with Crippen LogP contribution in [0, 0.1) is 0 Å². The molecule has 0 saturated carbocycles. The van der Waals surface area contributed by atoms with Gasteiger partial charge in [-0.25, -0.2) is 18.4 Å². The summed E-state index contributed by atoms with van der Waals surface area (Å²) in [4.78, 5) is 20.1. The first-order valence-electron chi connectivity index (χ1n) is 9.30. The number of benzene rings is 2. The minimum Gasteiger partial charge on any atom is -0.481 e. The zero-order valence-electron chi connectivity index (χ0n) is 16.6. The molecule has 156 valence electrons. The molecular formula is C21H22N4O4S. The number of nitrogens with one attached hydrogen (secondary N) is 2. The first kappa shape index (κ1) is 21.3. The summed E-state index contributed by atoms with van der Waals surface area (Å²) in [6, 6.07) is 14.7. The second-order valence-electron chi connectivity index (χ2n) is 6.48. The Bertz CT molecular complexity index is 1110. The van der Waals surface area contributed by atoms with Gasteiger partial charge in [0, 0.05) is 17.3 Å². The number of carbonyl (C=O) groups excluding carboxylic acids is 1. The fourth-order valence-electron chi connectivity index (χ4n) is 2.74. The Morgan fingerprint density at radius 1 is 1.03 bits per heavy atom. The van der Waals surface area contributed by atoms with Crippen molar-refractivity contribution in [1.29, 1.82) is 0 Å². The van der Waals surface area contributed by atoms with Crippen molar-refractivity contribution in [3.8, 4) is 5.88 Å². The number of ether oxygens (including phenoxy) is 1. The zero-order valence-corrected chi connectivity index (χ0v) is 17.4. The van der Waals surface area contributed by atoms with Gasteiger partial charge in [-0.05, 0) is 48.4 Å². The summed E-state index contributed by atoms with van der Waals surface area (Å²) in [6.45, 7) is 2.10. The second-order valence-corrected chi connectivity index (χ2v) is 8.16. The normalized spacial score (nSPS) is 11.0. The predicted octanol–water partition coefficient (Wildman–Crippen LogP) is 3.49. The molecule has 0 radical (unpaired) electrons. The van der Waals surface area contributed by atoms with E-state index in [0.29, 0.717) is 11.3 Å². The lowest BCUT2D eigenvalue weighted by atomic mass is 10.1. The molecule has 0 unspecified atom stereocenters. The maximum absolute atomic E-state index is 12.5. The van der Waals surface area contributed by atoms with Gasteiger partial charge in [0.15, 0.2) is 0 Å². The number of anilines is 2. The molecule has 30 heavy (non-hydrogen) atoms. The third kappa shape index (κ3) is 5.32. The van der Waals surface area contributed by atoms with Crippen molar-refractivity contribution in [2.75, 3.05) is 17.1 Å². The Morgan fingerprint density at radius 3 is 2.37 bits per heavy atom.